The highest BCUT2D eigenvalue weighted by atomic mass is 32.1. The number of fused-ring (bicyclic) bond motifs is 1. The Hall–Kier alpha value is -0.940. The second-order valence-corrected chi connectivity index (χ2v) is 7.02. The Labute approximate surface area is 122 Å². The van der Waals surface area contributed by atoms with Crippen molar-refractivity contribution in [2.24, 2.45) is 5.92 Å². The molecule has 1 atom stereocenters. The minimum atomic E-state index is 0.418. The average molecular weight is 293 g/mol. The number of aromatic amines is 1. The van der Waals surface area contributed by atoms with Crippen molar-refractivity contribution in [2.45, 2.75) is 45.6 Å². The minimum absolute atomic E-state index is 0.418. The van der Waals surface area contributed by atoms with E-state index in [1.54, 1.807) is 0 Å². The van der Waals surface area contributed by atoms with E-state index in [1.165, 1.54) is 29.7 Å². The molecule has 102 valence electrons. The van der Waals surface area contributed by atoms with Crippen molar-refractivity contribution < 1.29 is 0 Å². The molecule has 5 heteroatoms. The Morgan fingerprint density at radius 1 is 1.58 bits per heavy atom. The van der Waals surface area contributed by atoms with Crippen LogP contribution in [0.5, 0.6) is 0 Å². The van der Waals surface area contributed by atoms with Crippen LogP contribution in [0.3, 0.4) is 0 Å². The number of nitrogens with one attached hydrogen (secondary N) is 1. The zero-order chi connectivity index (χ0) is 13.4. The van der Waals surface area contributed by atoms with Gasteiger partial charge in [-0.3, -0.25) is 5.10 Å². The second kappa shape index (κ2) is 5.21. The van der Waals surface area contributed by atoms with Gasteiger partial charge in [-0.2, -0.15) is 5.10 Å². The Balaban J connectivity index is 2.03. The maximum atomic E-state index is 5.39. The number of nitrogens with zero attached hydrogens (tertiary/aromatic N) is 2. The first kappa shape index (κ1) is 13.1. The number of H-pyrrole nitrogens is 1. The summed E-state index contributed by atoms with van der Waals surface area (Å²) in [5.74, 6) is 2.12. The van der Waals surface area contributed by atoms with E-state index in [9.17, 15) is 0 Å². The van der Waals surface area contributed by atoms with Crippen LogP contribution in [-0.2, 0) is 13.0 Å². The zero-order valence-corrected chi connectivity index (χ0v) is 13.0. The summed E-state index contributed by atoms with van der Waals surface area (Å²) in [6.07, 6.45) is 3.65. The molecule has 0 aromatic carbocycles. The van der Waals surface area contributed by atoms with Gasteiger partial charge in [0.1, 0.15) is 5.82 Å². The number of thiophene rings is 1. The molecule has 3 rings (SSSR count). The van der Waals surface area contributed by atoms with Crippen LogP contribution in [-0.4, -0.2) is 14.8 Å². The van der Waals surface area contributed by atoms with Gasteiger partial charge in [0, 0.05) is 17.3 Å². The smallest absolute Gasteiger partial charge is 0.195 e. The molecule has 0 saturated carbocycles. The van der Waals surface area contributed by atoms with Crippen molar-refractivity contribution in [3.8, 4) is 0 Å². The summed E-state index contributed by atoms with van der Waals surface area (Å²) in [6, 6.07) is 2.27. The molecule has 19 heavy (non-hydrogen) atoms. The predicted molar refractivity (Wildman–Crippen MR) is 81.3 cm³/mol. The Kier molecular flexibility index (Phi) is 3.58. The summed E-state index contributed by atoms with van der Waals surface area (Å²) in [5, 5.41) is 9.71. The largest absolute Gasteiger partial charge is 0.303 e. The van der Waals surface area contributed by atoms with Crippen LogP contribution in [0, 0.1) is 10.7 Å². The molecule has 0 bridgehead atoms. The molecular weight excluding hydrogens is 274 g/mol. The summed E-state index contributed by atoms with van der Waals surface area (Å²) in [4.78, 5) is 1.53. The van der Waals surface area contributed by atoms with E-state index in [0.717, 1.165) is 17.1 Å². The molecule has 0 fully saturated rings. The van der Waals surface area contributed by atoms with Gasteiger partial charge in [-0.1, -0.05) is 13.8 Å². The van der Waals surface area contributed by atoms with Gasteiger partial charge in [-0.25, -0.2) is 0 Å². The van der Waals surface area contributed by atoms with E-state index >= 15 is 0 Å². The topological polar surface area (TPSA) is 33.6 Å². The van der Waals surface area contributed by atoms with Crippen molar-refractivity contribution >= 4 is 23.6 Å². The van der Waals surface area contributed by atoms with Gasteiger partial charge in [-0.15, -0.1) is 11.3 Å². The first-order valence-corrected chi connectivity index (χ1v) is 8.17. The fraction of sp³-hybridized carbons (Fsp3) is 0.571. The number of rotatable bonds is 3. The highest BCUT2D eigenvalue weighted by molar-refractivity contribution is 7.71. The SMILES string of the molecule is CC(C)Cn1c(C2CCCc3sccc32)n[nH]c1=S. The van der Waals surface area contributed by atoms with Gasteiger partial charge < -0.3 is 4.57 Å². The molecule has 0 saturated heterocycles. The molecule has 2 aromatic rings. The van der Waals surface area contributed by atoms with Crippen LogP contribution < -0.4 is 0 Å². The summed E-state index contributed by atoms with van der Waals surface area (Å²) in [6.45, 7) is 5.38. The van der Waals surface area contributed by atoms with Gasteiger partial charge in [0.05, 0.1) is 0 Å². The number of hydrogen-bond donors (Lipinski definition) is 1. The third kappa shape index (κ3) is 2.41. The van der Waals surface area contributed by atoms with E-state index < -0.39 is 0 Å². The summed E-state index contributed by atoms with van der Waals surface area (Å²) in [7, 11) is 0. The predicted octanol–water partition coefficient (Wildman–Crippen LogP) is 4.13. The van der Waals surface area contributed by atoms with Crippen molar-refractivity contribution in [3.05, 3.63) is 32.5 Å². The van der Waals surface area contributed by atoms with Crippen molar-refractivity contribution in [1.82, 2.24) is 14.8 Å². The molecule has 0 radical (unpaired) electrons. The number of aryl methyl sites for hydroxylation is 1. The van der Waals surface area contributed by atoms with Gasteiger partial charge in [0.2, 0.25) is 0 Å². The first-order valence-electron chi connectivity index (χ1n) is 6.88. The molecule has 1 aliphatic rings. The van der Waals surface area contributed by atoms with Gasteiger partial charge >= 0.3 is 0 Å². The zero-order valence-electron chi connectivity index (χ0n) is 11.3. The van der Waals surface area contributed by atoms with Gasteiger partial charge in [-0.05, 0) is 54.4 Å². The number of aromatic nitrogens is 3. The molecule has 1 N–H and O–H groups in total. The minimum Gasteiger partial charge on any atom is -0.303 e. The molecule has 2 aromatic heterocycles. The van der Waals surface area contributed by atoms with Crippen LogP contribution in [0.2, 0.25) is 0 Å². The van der Waals surface area contributed by atoms with Crippen molar-refractivity contribution in [1.29, 1.82) is 0 Å². The van der Waals surface area contributed by atoms with Crippen molar-refractivity contribution in [3.63, 3.8) is 0 Å². The highest BCUT2D eigenvalue weighted by Gasteiger charge is 2.27. The van der Waals surface area contributed by atoms with Gasteiger partial charge in [0.25, 0.3) is 0 Å². The fourth-order valence-corrected chi connectivity index (χ4v) is 4.09. The maximum absolute atomic E-state index is 5.39. The van der Waals surface area contributed by atoms with Crippen LogP contribution in [0.15, 0.2) is 11.4 Å². The van der Waals surface area contributed by atoms with Crippen LogP contribution in [0.25, 0.3) is 0 Å². The lowest BCUT2D eigenvalue weighted by molar-refractivity contribution is 0.480. The molecular formula is C14H19N3S2. The monoisotopic (exact) mass is 293 g/mol. The van der Waals surface area contributed by atoms with Crippen molar-refractivity contribution in [2.75, 3.05) is 0 Å². The van der Waals surface area contributed by atoms with Gasteiger partial charge in [0.15, 0.2) is 4.77 Å². The summed E-state index contributed by atoms with van der Waals surface area (Å²) < 4.78 is 2.95. The molecule has 1 unspecified atom stereocenters. The first-order chi connectivity index (χ1) is 9.16. The Morgan fingerprint density at radius 2 is 2.42 bits per heavy atom. The van der Waals surface area contributed by atoms with E-state index in [2.05, 4.69) is 40.1 Å². The molecule has 0 aliphatic heterocycles. The highest BCUT2D eigenvalue weighted by Crippen LogP contribution is 2.38. The summed E-state index contributed by atoms with van der Waals surface area (Å²) in [5.41, 5.74) is 1.47. The van der Waals surface area contributed by atoms with E-state index in [4.69, 9.17) is 12.2 Å². The third-order valence-corrected chi connectivity index (χ3v) is 5.01. The lowest BCUT2D eigenvalue weighted by Crippen LogP contribution is -2.16. The van der Waals surface area contributed by atoms with Crippen LogP contribution in [0.1, 0.15) is 48.9 Å². The molecule has 1 aliphatic carbocycles. The van der Waals surface area contributed by atoms with E-state index in [1.807, 2.05) is 11.3 Å². The lowest BCUT2D eigenvalue weighted by Gasteiger charge is -2.23. The molecule has 0 spiro atoms. The van der Waals surface area contributed by atoms with E-state index in [0.29, 0.717) is 11.8 Å². The second-order valence-electron chi connectivity index (χ2n) is 5.64. The third-order valence-electron chi connectivity index (χ3n) is 3.70. The molecule has 3 nitrogen and oxygen atoms in total. The standard InChI is InChI=1S/C14H19N3S2/c1-9(2)8-17-13(15-16-14(17)18)11-4-3-5-12-10(11)6-7-19-12/h6-7,9,11H,3-5,8H2,1-2H3,(H,16,18). The lowest BCUT2D eigenvalue weighted by atomic mass is 9.87. The fourth-order valence-electron chi connectivity index (χ4n) is 2.89. The maximum Gasteiger partial charge on any atom is 0.195 e. The van der Waals surface area contributed by atoms with Crippen LogP contribution >= 0.6 is 23.6 Å². The van der Waals surface area contributed by atoms with E-state index in [-0.39, 0.29) is 0 Å². The normalized spacial score (nSPS) is 18.8. The molecule has 2 heterocycles. The number of hydrogen-bond acceptors (Lipinski definition) is 3. The Morgan fingerprint density at radius 3 is 3.21 bits per heavy atom. The quantitative estimate of drug-likeness (QED) is 0.863. The Bertz CT molecular complexity index is 621. The average Bonchev–Trinajstić information content (AvgIpc) is 2.97. The molecule has 0 amide bonds. The summed E-state index contributed by atoms with van der Waals surface area (Å²) >= 11 is 7.26. The van der Waals surface area contributed by atoms with Crippen LogP contribution in [0.4, 0.5) is 0 Å².